The summed E-state index contributed by atoms with van der Waals surface area (Å²) < 4.78 is 27.3. The molecule has 1 aromatic carbocycles. The lowest BCUT2D eigenvalue weighted by Crippen LogP contribution is -2.35. The SMILES string of the molecule is O=C(Nc1nc2c(s1)CCCC2)c1cc(S(=O)(=O)N2CCCCC2)ccc1Cl. The number of nitrogens with zero attached hydrogens (tertiary/aromatic N) is 2. The summed E-state index contributed by atoms with van der Waals surface area (Å²) in [6.07, 6.45) is 6.94. The van der Waals surface area contributed by atoms with E-state index in [4.69, 9.17) is 11.6 Å². The van der Waals surface area contributed by atoms with E-state index in [0.29, 0.717) is 18.2 Å². The summed E-state index contributed by atoms with van der Waals surface area (Å²) >= 11 is 7.69. The number of hydrogen-bond acceptors (Lipinski definition) is 5. The fourth-order valence-corrected chi connectivity index (χ4v) is 6.46. The van der Waals surface area contributed by atoms with Gasteiger partial charge in [-0.1, -0.05) is 18.0 Å². The monoisotopic (exact) mass is 439 g/mol. The number of carbonyl (C=O) groups excluding carboxylic acids is 1. The Balaban J connectivity index is 1.58. The first-order valence-corrected chi connectivity index (χ1v) is 12.2. The maximum absolute atomic E-state index is 12.9. The number of rotatable bonds is 4. The molecule has 28 heavy (non-hydrogen) atoms. The lowest BCUT2D eigenvalue weighted by Gasteiger charge is -2.26. The van der Waals surface area contributed by atoms with Gasteiger partial charge in [0.25, 0.3) is 5.91 Å². The van der Waals surface area contributed by atoms with Gasteiger partial charge in [0.15, 0.2) is 5.13 Å². The molecule has 9 heteroatoms. The number of aryl methyl sites for hydroxylation is 2. The van der Waals surface area contributed by atoms with Gasteiger partial charge in [-0.2, -0.15) is 4.31 Å². The molecule has 2 heterocycles. The first-order valence-electron chi connectivity index (χ1n) is 9.55. The molecule has 0 bridgehead atoms. The molecule has 1 N–H and O–H groups in total. The van der Waals surface area contributed by atoms with Gasteiger partial charge in [-0.25, -0.2) is 13.4 Å². The highest BCUT2D eigenvalue weighted by Crippen LogP contribution is 2.31. The quantitative estimate of drug-likeness (QED) is 0.777. The molecule has 2 aromatic rings. The van der Waals surface area contributed by atoms with Crippen LogP contribution in [-0.2, 0) is 22.9 Å². The van der Waals surface area contributed by atoms with Gasteiger partial charge in [0.1, 0.15) is 0 Å². The molecule has 0 radical (unpaired) electrons. The van der Waals surface area contributed by atoms with Crippen molar-refractivity contribution in [1.29, 1.82) is 0 Å². The summed E-state index contributed by atoms with van der Waals surface area (Å²) in [6.45, 7) is 1.02. The Morgan fingerprint density at radius 1 is 1.11 bits per heavy atom. The molecule has 150 valence electrons. The van der Waals surface area contributed by atoms with Gasteiger partial charge in [0.2, 0.25) is 10.0 Å². The third-order valence-corrected chi connectivity index (χ3v) is 8.50. The van der Waals surface area contributed by atoms with Crippen LogP contribution < -0.4 is 5.32 Å². The van der Waals surface area contributed by atoms with Gasteiger partial charge < -0.3 is 0 Å². The fourth-order valence-electron chi connectivity index (χ4n) is 3.66. The summed E-state index contributed by atoms with van der Waals surface area (Å²) in [5.74, 6) is -0.438. The van der Waals surface area contributed by atoms with Gasteiger partial charge in [-0.05, 0) is 56.7 Å². The van der Waals surface area contributed by atoms with E-state index in [0.717, 1.165) is 50.6 Å². The summed E-state index contributed by atoms with van der Waals surface area (Å²) in [6, 6.07) is 4.31. The molecule has 1 aliphatic heterocycles. The zero-order chi connectivity index (χ0) is 19.7. The minimum Gasteiger partial charge on any atom is -0.298 e. The largest absolute Gasteiger partial charge is 0.298 e. The van der Waals surface area contributed by atoms with Crippen molar-refractivity contribution in [3.05, 3.63) is 39.4 Å². The minimum atomic E-state index is -3.63. The van der Waals surface area contributed by atoms with E-state index < -0.39 is 15.9 Å². The first-order chi connectivity index (χ1) is 13.4. The number of halogens is 1. The van der Waals surface area contributed by atoms with Crippen LogP contribution in [0, 0.1) is 0 Å². The number of fused-ring (bicyclic) bond motifs is 1. The van der Waals surface area contributed by atoms with E-state index in [-0.39, 0.29) is 15.5 Å². The maximum Gasteiger partial charge on any atom is 0.259 e. The summed E-state index contributed by atoms with van der Waals surface area (Å²) in [4.78, 5) is 18.6. The third kappa shape index (κ3) is 3.96. The van der Waals surface area contributed by atoms with Crippen LogP contribution in [0.2, 0.25) is 5.02 Å². The van der Waals surface area contributed by atoms with Crippen molar-refractivity contribution in [2.24, 2.45) is 0 Å². The molecule has 0 saturated carbocycles. The van der Waals surface area contributed by atoms with Crippen molar-refractivity contribution in [1.82, 2.24) is 9.29 Å². The summed E-state index contributed by atoms with van der Waals surface area (Å²) in [5.41, 5.74) is 1.20. The van der Waals surface area contributed by atoms with E-state index in [1.165, 1.54) is 38.7 Å². The second-order valence-corrected chi connectivity index (χ2v) is 10.6. The number of carbonyl (C=O) groups is 1. The van der Waals surface area contributed by atoms with Crippen LogP contribution >= 0.6 is 22.9 Å². The molecule has 1 aliphatic carbocycles. The van der Waals surface area contributed by atoms with Gasteiger partial charge in [-0.3, -0.25) is 10.1 Å². The Hall–Kier alpha value is -1.48. The normalized spacial score (nSPS) is 17.9. The summed E-state index contributed by atoms with van der Waals surface area (Å²) in [7, 11) is -3.63. The molecule has 0 unspecified atom stereocenters. The molecule has 1 amide bonds. The molecule has 0 atom stereocenters. The van der Waals surface area contributed by atoms with E-state index in [1.807, 2.05) is 0 Å². The molecular weight excluding hydrogens is 418 g/mol. The van der Waals surface area contributed by atoms with Crippen LogP contribution in [0.15, 0.2) is 23.1 Å². The Morgan fingerprint density at radius 2 is 1.86 bits per heavy atom. The Bertz CT molecular complexity index is 974. The van der Waals surface area contributed by atoms with E-state index in [9.17, 15) is 13.2 Å². The number of anilines is 1. The van der Waals surface area contributed by atoms with Crippen LogP contribution in [0.4, 0.5) is 5.13 Å². The number of sulfonamides is 1. The van der Waals surface area contributed by atoms with Crippen LogP contribution in [0.3, 0.4) is 0 Å². The van der Waals surface area contributed by atoms with Crippen LogP contribution in [0.5, 0.6) is 0 Å². The highest BCUT2D eigenvalue weighted by atomic mass is 35.5. The predicted octanol–water partition coefficient (Wildman–Crippen LogP) is 4.10. The van der Waals surface area contributed by atoms with E-state index >= 15 is 0 Å². The highest BCUT2D eigenvalue weighted by molar-refractivity contribution is 7.89. The Kier molecular flexibility index (Phi) is 5.73. The topological polar surface area (TPSA) is 79.4 Å². The smallest absolute Gasteiger partial charge is 0.259 e. The third-order valence-electron chi connectivity index (χ3n) is 5.20. The average Bonchev–Trinajstić information content (AvgIpc) is 3.11. The lowest BCUT2D eigenvalue weighted by molar-refractivity contribution is 0.102. The average molecular weight is 440 g/mol. The predicted molar refractivity (Wildman–Crippen MR) is 111 cm³/mol. The zero-order valence-electron chi connectivity index (χ0n) is 15.4. The van der Waals surface area contributed by atoms with Gasteiger partial charge >= 0.3 is 0 Å². The van der Waals surface area contributed by atoms with E-state index in [1.54, 1.807) is 0 Å². The number of amides is 1. The maximum atomic E-state index is 12.9. The molecule has 1 saturated heterocycles. The van der Waals surface area contributed by atoms with Crippen LogP contribution in [0.25, 0.3) is 0 Å². The van der Waals surface area contributed by atoms with Crippen molar-refractivity contribution in [3.8, 4) is 0 Å². The molecule has 1 aromatic heterocycles. The van der Waals surface area contributed by atoms with Crippen molar-refractivity contribution in [2.45, 2.75) is 49.8 Å². The minimum absolute atomic E-state index is 0.0994. The Labute approximate surface area is 174 Å². The number of aromatic nitrogens is 1. The molecular formula is C19H22ClN3O3S2. The second-order valence-electron chi connectivity index (χ2n) is 7.16. The number of hydrogen-bond donors (Lipinski definition) is 1. The second kappa shape index (κ2) is 8.10. The molecule has 0 spiro atoms. The Morgan fingerprint density at radius 3 is 2.61 bits per heavy atom. The number of benzene rings is 1. The molecule has 1 fully saturated rings. The summed E-state index contributed by atoms with van der Waals surface area (Å²) in [5, 5.41) is 3.55. The number of piperidine rings is 1. The van der Waals surface area contributed by atoms with Crippen molar-refractivity contribution >= 4 is 44.0 Å². The zero-order valence-corrected chi connectivity index (χ0v) is 17.8. The highest BCUT2D eigenvalue weighted by Gasteiger charge is 2.27. The van der Waals surface area contributed by atoms with Gasteiger partial charge in [0.05, 0.1) is 21.2 Å². The van der Waals surface area contributed by atoms with Crippen LogP contribution in [-0.4, -0.2) is 36.7 Å². The van der Waals surface area contributed by atoms with E-state index in [2.05, 4.69) is 10.3 Å². The molecule has 4 rings (SSSR count). The molecule has 2 aliphatic rings. The first kappa shape index (κ1) is 19.8. The number of nitrogens with one attached hydrogen (secondary N) is 1. The lowest BCUT2D eigenvalue weighted by atomic mass is 10.0. The molecule has 6 nitrogen and oxygen atoms in total. The van der Waals surface area contributed by atoms with Gasteiger partial charge in [0, 0.05) is 18.0 Å². The van der Waals surface area contributed by atoms with Crippen molar-refractivity contribution < 1.29 is 13.2 Å². The fraction of sp³-hybridized carbons (Fsp3) is 0.474. The van der Waals surface area contributed by atoms with Gasteiger partial charge in [-0.15, -0.1) is 11.3 Å². The van der Waals surface area contributed by atoms with Crippen molar-refractivity contribution in [2.75, 3.05) is 18.4 Å². The number of thiazole rings is 1. The van der Waals surface area contributed by atoms with Crippen molar-refractivity contribution in [3.63, 3.8) is 0 Å². The standard InChI is InChI=1S/C19H22ClN3O3S2/c20-15-9-8-13(28(25,26)23-10-4-1-5-11-23)12-14(15)18(24)22-19-21-16-6-2-3-7-17(16)27-19/h8-9,12H,1-7,10-11H2,(H,21,22,24). The van der Waals surface area contributed by atoms with Crippen LogP contribution in [0.1, 0.15) is 53.0 Å².